The number of carbonyl (C=O) groups is 1. The third kappa shape index (κ3) is 5.21. The first-order valence-electron chi connectivity index (χ1n) is 8.84. The Morgan fingerprint density at radius 2 is 1.93 bits per heavy atom. The van der Waals surface area contributed by atoms with Crippen LogP contribution < -0.4 is 0 Å². The average Bonchev–Trinajstić information content (AvgIpc) is 3.08. The molecule has 2 aromatic rings. The summed E-state index contributed by atoms with van der Waals surface area (Å²) in [5, 5.41) is 22.0. The van der Waals surface area contributed by atoms with Gasteiger partial charge in [-0.2, -0.15) is 0 Å². The third-order valence-corrected chi connectivity index (χ3v) is 5.49. The molecule has 1 amide bonds. The van der Waals surface area contributed by atoms with Gasteiger partial charge in [-0.15, -0.1) is 0 Å². The number of aliphatic hydroxyl groups excluding tert-OH is 1. The van der Waals surface area contributed by atoms with E-state index in [1.165, 1.54) is 0 Å². The molecule has 1 aliphatic rings. The molecule has 0 aliphatic carbocycles. The maximum Gasteiger partial charge on any atom is 0.250 e. The lowest BCUT2D eigenvalue weighted by Crippen LogP contribution is -2.40. The predicted molar refractivity (Wildman–Crippen MR) is 105 cm³/mol. The molecule has 1 heterocycles. The Bertz CT molecular complexity index is 788. The highest BCUT2D eigenvalue weighted by atomic mass is 35.5. The summed E-state index contributed by atoms with van der Waals surface area (Å²) in [5.41, 5.74) is 1.51. The zero-order valence-electron chi connectivity index (χ0n) is 14.8. The standard InChI is InChI=1S/C20H22Cl2N2O3/c21-17-7-6-14(10-18(17)22)11-20(26)24(27)19(15-4-2-1-3-5-15)13-23-9-8-16(25)12-23/h1-7,10,16,19,25,27H,8-9,11-13H2. The molecule has 7 heteroatoms. The van der Waals surface area contributed by atoms with E-state index in [1.54, 1.807) is 18.2 Å². The van der Waals surface area contributed by atoms with Crippen molar-refractivity contribution in [3.8, 4) is 0 Å². The number of hydrogen-bond acceptors (Lipinski definition) is 4. The number of β-amino-alcohol motifs (C(OH)–C–C–N with tert-alkyl or cyclic N) is 1. The highest BCUT2D eigenvalue weighted by molar-refractivity contribution is 6.42. The fourth-order valence-electron chi connectivity index (χ4n) is 3.30. The molecular formula is C20H22Cl2N2O3. The highest BCUT2D eigenvalue weighted by Gasteiger charge is 2.29. The zero-order chi connectivity index (χ0) is 19.4. The number of hydroxylamine groups is 2. The summed E-state index contributed by atoms with van der Waals surface area (Å²) < 4.78 is 0. The van der Waals surface area contributed by atoms with Gasteiger partial charge in [0, 0.05) is 19.6 Å². The van der Waals surface area contributed by atoms with Crippen molar-refractivity contribution in [3.05, 3.63) is 69.7 Å². The number of halogens is 2. The Balaban J connectivity index is 1.75. The van der Waals surface area contributed by atoms with Gasteiger partial charge in [-0.25, -0.2) is 5.06 Å². The zero-order valence-corrected chi connectivity index (χ0v) is 16.3. The highest BCUT2D eigenvalue weighted by Crippen LogP contribution is 2.26. The smallest absolute Gasteiger partial charge is 0.250 e. The summed E-state index contributed by atoms with van der Waals surface area (Å²) in [6.45, 7) is 1.72. The number of benzene rings is 2. The van der Waals surface area contributed by atoms with E-state index in [4.69, 9.17) is 23.2 Å². The normalized spacial score (nSPS) is 18.4. The molecule has 2 atom stereocenters. The lowest BCUT2D eigenvalue weighted by atomic mass is 10.0. The molecular weight excluding hydrogens is 387 g/mol. The van der Waals surface area contributed by atoms with E-state index in [2.05, 4.69) is 4.90 Å². The van der Waals surface area contributed by atoms with Gasteiger partial charge in [0.25, 0.3) is 5.91 Å². The molecule has 5 nitrogen and oxygen atoms in total. The summed E-state index contributed by atoms with van der Waals surface area (Å²) in [6.07, 6.45) is 0.351. The molecule has 2 aromatic carbocycles. The Labute approximate surface area is 168 Å². The molecule has 1 saturated heterocycles. The van der Waals surface area contributed by atoms with Crippen molar-refractivity contribution in [2.75, 3.05) is 19.6 Å². The summed E-state index contributed by atoms with van der Waals surface area (Å²) in [5.74, 6) is -0.429. The lowest BCUT2D eigenvalue weighted by Gasteiger charge is -2.30. The second kappa shape index (κ2) is 9.04. The second-order valence-corrected chi connectivity index (χ2v) is 7.61. The van der Waals surface area contributed by atoms with Crippen LogP contribution in [-0.4, -0.2) is 51.9 Å². The van der Waals surface area contributed by atoms with E-state index in [0.717, 1.165) is 17.2 Å². The van der Waals surface area contributed by atoms with Crippen molar-refractivity contribution in [2.45, 2.75) is 25.0 Å². The minimum Gasteiger partial charge on any atom is -0.392 e. The molecule has 2 N–H and O–H groups in total. The molecule has 27 heavy (non-hydrogen) atoms. The van der Waals surface area contributed by atoms with Gasteiger partial charge in [-0.05, 0) is 29.7 Å². The number of rotatable bonds is 6. The van der Waals surface area contributed by atoms with E-state index in [9.17, 15) is 15.1 Å². The number of aliphatic hydroxyl groups is 1. The molecule has 144 valence electrons. The first-order valence-corrected chi connectivity index (χ1v) is 9.60. The molecule has 0 saturated carbocycles. The molecule has 2 unspecified atom stereocenters. The van der Waals surface area contributed by atoms with Crippen molar-refractivity contribution < 1.29 is 15.1 Å². The predicted octanol–water partition coefficient (Wildman–Crippen LogP) is 3.56. The fourth-order valence-corrected chi connectivity index (χ4v) is 3.62. The molecule has 0 spiro atoms. The summed E-state index contributed by atoms with van der Waals surface area (Å²) in [7, 11) is 0. The Kier molecular flexibility index (Phi) is 6.73. The maximum atomic E-state index is 12.7. The van der Waals surface area contributed by atoms with Crippen molar-refractivity contribution in [2.24, 2.45) is 0 Å². The average molecular weight is 409 g/mol. The summed E-state index contributed by atoms with van der Waals surface area (Å²) in [6, 6.07) is 13.9. The van der Waals surface area contributed by atoms with Crippen molar-refractivity contribution in [3.63, 3.8) is 0 Å². The quantitative estimate of drug-likeness (QED) is 0.566. The van der Waals surface area contributed by atoms with Crippen LogP contribution >= 0.6 is 23.2 Å². The van der Waals surface area contributed by atoms with E-state index in [0.29, 0.717) is 35.1 Å². The first kappa shape index (κ1) is 20.1. The largest absolute Gasteiger partial charge is 0.392 e. The van der Waals surface area contributed by atoms with Gasteiger partial charge in [0.1, 0.15) is 0 Å². The van der Waals surface area contributed by atoms with Crippen LogP contribution in [0.5, 0.6) is 0 Å². The SMILES string of the molecule is O=C(Cc1ccc(Cl)c(Cl)c1)N(O)C(CN1CCC(O)C1)c1ccccc1. The van der Waals surface area contributed by atoms with Crippen LogP contribution in [0, 0.1) is 0 Å². The van der Waals surface area contributed by atoms with Crippen molar-refractivity contribution >= 4 is 29.1 Å². The minimum atomic E-state index is -0.522. The van der Waals surface area contributed by atoms with Gasteiger partial charge in [0.2, 0.25) is 0 Å². The fraction of sp³-hybridized carbons (Fsp3) is 0.350. The van der Waals surface area contributed by atoms with Gasteiger partial charge < -0.3 is 5.11 Å². The Morgan fingerprint density at radius 1 is 1.19 bits per heavy atom. The second-order valence-electron chi connectivity index (χ2n) is 6.79. The first-order chi connectivity index (χ1) is 12.9. The van der Waals surface area contributed by atoms with Crippen molar-refractivity contribution in [1.29, 1.82) is 0 Å². The molecule has 1 aliphatic heterocycles. The van der Waals surface area contributed by atoms with E-state index >= 15 is 0 Å². The maximum absolute atomic E-state index is 12.7. The van der Waals surface area contributed by atoms with Gasteiger partial charge in [-0.3, -0.25) is 14.9 Å². The molecule has 0 aromatic heterocycles. The van der Waals surface area contributed by atoms with Crippen LogP contribution in [0.1, 0.15) is 23.6 Å². The number of likely N-dealkylation sites (tertiary alicyclic amines) is 1. The van der Waals surface area contributed by atoms with Crippen LogP contribution in [0.4, 0.5) is 0 Å². The van der Waals surface area contributed by atoms with E-state index in [1.807, 2.05) is 30.3 Å². The molecule has 1 fully saturated rings. The van der Waals surface area contributed by atoms with Gasteiger partial charge >= 0.3 is 0 Å². The van der Waals surface area contributed by atoms with Crippen LogP contribution in [0.3, 0.4) is 0 Å². The van der Waals surface area contributed by atoms with Crippen LogP contribution in [0.25, 0.3) is 0 Å². The lowest BCUT2D eigenvalue weighted by molar-refractivity contribution is -0.177. The van der Waals surface area contributed by atoms with Gasteiger partial charge in [0.05, 0.1) is 28.6 Å². The van der Waals surface area contributed by atoms with Crippen LogP contribution in [-0.2, 0) is 11.2 Å². The van der Waals surface area contributed by atoms with Gasteiger partial charge in [0.15, 0.2) is 0 Å². The van der Waals surface area contributed by atoms with Crippen LogP contribution in [0.2, 0.25) is 10.0 Å². The Hall–Kier alpha value is -1.63. The summed E-state index contributed by atoms with van der Waals surface area (Å²) >= 11 is 11.9. The molecule has 0 bridgehead atoms. The number of hydrogen-bond donors (Lipinski definition) is 2. The van der Waals surface area contributed by atoms with Gasteiger partial charge in [-0.1, -0.05) is 59.6 Å². The number of nitrogens with zero attached hydrogens (tertiary/aromatic N) is 2. The molecule has 0 radical (unpaired) electrons. The Morgan fingerprint density at radius 3 is 2.56 bits per heavy atom. The monoisotopic (exact) mass is 408 g/mol. The van der Waals surface area contributed by atoms with E-state index < -0.39 is 11.9 Å². The minimum absolute atomic E-state index is 0.0132. The van der Waals surface area contributed by atoms with E-state index in [-0.39, 0.29) is 12.5 Å². The third-order valence-electron chi connectivity index (χ3n) is 4.75. The topological polar surface area (TPSA) is 64.0 Å². The number of amides is 1. The van der Waals surface area contributed by atoms with Crippen LogP contribution in [0.15, 0.2) is 48.5 Å². The van der Waals surface area contributed by atoms with Crippen molar-refractivity contribution in [1.82, 2.24) is 9.96 Å². The summed E-state index contributed by atoms with van der Waals surface area (Å²) in [4.78, 5) is 14.7. The molecule has 3 rings (SSSR count). The number of carbonyl (C=O) groups excluding carboxylic acids is 1.